The van der Waals surface area contributed by atoms with Crippen LogP contribution in [0, 0.1) is 0 Å². The summed E-state index contributed by atoms with van der Waals surface area (Å²) in [5.41, 5.74) is -5.31. The normalized spacial score (nSPS) is 12.4. The van der Waals surface area contributed by atoms with Gasteiger partial charge in [-0.25, -0.2) is 13.6 Å². The van der Waals surface area contributed by atoms with E-state index in [9.17, 15) is 21.6 Å². The fourth-order valence-electron chi connectivity index (χ4n) is 0. The summed E-state index contributed by atoms with van der Waals surface area (Å²) in [6.45, 7) is 0. The molecule has 0 aromatic rings. The van der Waals surface area contributed by atoms with Crippen LogP contribution in [-0.4, -0.2) is 13.9 Å². The molecule has 0 saturated carbocycles. The summed E-state index contributed by atoms with van der Waals surface area (Å²) in [4.78, 5) is 0. The molecule has 0 fully saturated rings. The largest absolute Gasteiger partial charge is 2.00 e. The van der Waals surface area contributed by atoms with Gasteiger partial charge in [-0.2, -0.15) is 13.2 Å². The molecule has 0 aliphatic rings. The van der Waals surface area contributed by atoms with E-state index in [1.54, 1.807) is 0 Å². The molecule has 0 heterocycles. The molecular weight excluding hydrogens is 211 g/mol. The maximum Gasteiger partial charge on any atom is 2.00 e. The van der Waals surface area contributed by atoms with Crippen molar-refractivity contribution in [3.05, 3.63) is 0 Å². The average Bonchev–Trinajstić information content (AvgIpc) is 1.25. The number of primary sulfonamides is 1. The molecular formula is CH2CuF3NO2S+2. The van der Waals surface area contributed by atoms with E-state index in [-0.39, 0.29) is 17.1 Å². The molecule has 0 amide bonds. The van der Waals surface area contributed by atoms with Crippen LogP contribution in [0.1, 0.15) is 0 Å². The Kier molecular flexibility index (Phi) is 3.81. The third-order valence-electron chi connectivity index (χ3n) is 0.323. The van der Waals surface area contributed by atoms with E-state index in [4.69, 9.17) is 0 Å². The fraction of sp³-hybridized carbons (Fsp3) is 1.00. The molecule has 0 aromatic heterocycles. The zero-order valence-electron chi connectivity index (χ0n) is 3.74. The third-order valence-corrected chi connectivity index (χ3v) is 0.968. The van der Waals surface area contributed by atoms with Gasteiger partial charge in [0.15, 0.2) is 0 Å². The third kappa shape index (κ3) is 3.74. The number of sulfonamides is 1. The summed E-state index contributed by atoms with van der Waals surface area (Å²) in [7, 11) is -5.34. The van der Waals surface area contributed by atoms with E-state index in [2.05, 4.69) is 5.14 Å². The number of hydrogen-bond donors (Lipinski definition) is 1. The minimum Gasteiger partial charge on any atom is -0.221 e. The summed E-state index contributed by atoms with van der Waals surface area (Å²) in [6.07, 6.45) is 0. The predicted molar refractivity (Wildman–Crippen MR) is 19.2 cm³/mol. The molecule has 0 aliphatic heterocycles. The standard InChI is InChI=1S/CH2F3NO2S.Cu/c2-1(3,4)8(5,6)7;/h(H2,5,6,7);/q;+2. The van der Waals surface area contributed by atoms with Crippen LogP contribution in [0.25, 0.3) is 0 Å². The Hall–Kier alpha value is 0.219. The van der Waals surface area contributed by atoms with Gasteiger partial charge in [0.05, 0.1) is 0 Å². The van der Waals surface area contributed by atoms with Crippen molar-refractivity contribution in [3.8, 4) is 0 Å². The number of alkyl halides is 3. The van der Waals surface area contributed by atoms with E-state index < -0.39 is 15.5 Å². The van der Waals surface area contributed by atoms with E-state index >= 15 is 0 Å². The molecule has 0 aliphatic carbocycles. The van der Waals surface area contributed by atoms with Crippen molar-refractivity contribution in [2.45, 2.75) is 5.51 Å². The number of halogens is 3. The quantitative estimate of drug-likeness (QED) is 0.565. The Balaban J connectivity index is 0. The zero-order chi connectivity index (χ0) is 7.00. The Morgan fingerprint density at radius 2 is 1.33 bits per heavy atom. The van der Waals surface area contributed by atoms with Crippen molar-refractivity contribution in [3.63, 3.8) is 0 Å². The molecule has 8 heteroatoms. The maximum absolute atomic E-state index is 10.8. The smallest absolute Gasteiger partial charge is 0.221 e. The molecule has 0 rings (SSSR count). The van der Waals surface area contributed by atoms with Gasteiger partial charge in [-0.3, -0.25) is 0 Å². The minimum absolute atomic E-state index is 0. The first-order valence-corrected chi connectivity index (χ1v) is 2.89. The molecule has 0 atom stereocenters. The number of nitrogens with two attached hydrogens (primary N) is 1. The molecule has 59 valence electrons. The Morgan fingerprint density at radius 1 is 1.22 bits per heavy atom. The number of hydrogen-bond acceptors (Lipinski definition) is 2. The van der Waals surface area contributed by atoms with Gasteiger partial charge in [-0.05, 0) is 0 Å². The van der Waals surface area contributed by atoms with Crippen molar-refractivity contribution in [1.29, 1.82) is 0 Å². The molecule has 0 spiro atoms. The van der Waals surface area contributed by atoms with Gasteiger partial charge in [-0.15, -0.1) is 0 Å². The molecule has 1 radical (unpaired) electrons. The van der Waals surface area contributed by atoms with Crippen molar-refractivity contribution < 1.29 is 38.7 Å². The van der Waals surface area contributed by atoms with Crippen molar-refractivity contribution >= 4 is 10.0 Å². The monoisotopic (exact) mass is 212 g/mol. The molecule has 0 bridgehead atoms. The van der Waals surface area contributed by atoms with Gasteiger partial charge in [0.2, 0.25) is 0 Å². The zero-order valence-corrected chi connectivity index (χ0v) is 5.50. The number of rotatable bonds is 0. The first-order chi connectivity index (χ1) is 3.25. The van der Waals surface area contributed by atoms with Gasteiger partial charge in [0.25, 0.3) is 0 Å². The van der Waals surface area contributed by atoms with Gasteiger partial charge in [0, 0.05) is 0 Å². The Bertz CT molecular complexity index is 171. The van der Waals surface area contributed by atoms with Gasteiger partial charge in [-0.1, -0.05) is 0 Å². The van der Waals surface area contributed by atoms with Crippen LogP contribution in [0.15, 0.2) is 0 Å². The minimum atomic E-state index is -5.34. The summed E-state index contributed by atoms with van der Waals surface area (Å²) >= 11 is 0. The van der Waals surface area contributed by atoms with E-state index in [1.807, 2.05) is 0 Å². The maximum atomic E-state index is 10.8. The summed E-state index contributed by atoms with van der Waals surface area (Å²) in [6, 6.07) is 0. The van der Waals surface area contributed by atoms with Crippen LogP contribution in [0.4, 0.5) is 13.2 Å². The van der Waals surface area contributed by atoms with E-state index in [1.165, 1.54) is 0 Å². The van der Waals surface area contributed by atoms with E-state index in [0.29, 0.717) is 0 Å². The molecule has 0 unspecified atom stereocenters. The van der Waals surface area contributed by atoms with Gasteiger partial charge >= 0.3 is 32.6 Å². The SMILES string of the molecule is NS(=O)(=O)C(F)(F)F.[Cu+2]. The second-order valence-corrected chi connectivity index (χ2v) is 2.54. The van der Waals surface area contributed by atoms with Crippen LogP contribution in [-0.2, 0) is 27.1 Å². The van der Waals surface area contributed by atoms with Crippen molar-refractivity contribution in [1.82, 2.24) is 0 Å². The molecule has 0 aromatic carbocycles. The average molecular weight is 213 g/mol. The van der Waals surface area contributed by atoms with Gasteiger partial charge in [0.1, 0.15) is 0 Å². The fourth-order valence-corrected chi connectivity index (χ4v) is 0. The van der Waals surface area contributed by atoms with Crippen molar-refractivity contribution in [2.75, 3.05) is 0 Å². The summed E-state index contributed by atoms with van der Waals surface area (Å²) in [5.74, 6) is 0. The Labute approximate surface area is 59.9 Å². The molecule has 3 nitrogen and oxygen atoms in total. The topological polar surface area (TPSA) is 60.2 Å². The van der Waals surface area contributed by atoms with Crippen LogP contribution < -0.4 is 5.14 Å². The summed E-state index contributed by atoms with van der Waals surface area (Å²) < 4.78 is 51.2. The molecule has 0 saturated heterocycles. The Morgan fingerprint density at radius 3 is 1.33 bits per heavy atom. The van der Waals surface area contributed by atoms with Crippen LogP contribution >= 0.6 is 0 Å². The van der Waals surface area contributed by atoms with Crippen LogP contribution in [0.3, 0.4) is 0 Å². The predicted octanol–water partition coefficient (Wildman–Crippen LogP) is -0.208. The molecule has 2 N–H and O–H groups in total. The second kappa shape index (κ2) is 2.87. The van der Waals surface area contributed by atoms with Crippen molar-refractivity contribution in [2.24, 2.45) is 5.14 Å². The van der Waals surface area contributed by atoms with Crippen LogP contribution in [0.2, 0.25) is 0 Å². The second-order valence-electron chi connectivity index (χ2n) is 0.991. The van der Waals surface area contributed by atoms with Gasteiger partial charge < -0.3 is 0 Å². The first-order valence-electron chi connectivity index (χ1n) is 1.34. The first kappa shape index (κ1) is 12.0. The molecule has 9 heavy (non-hydrogen) atoms. The summed E-state index contributed by atoms with van der Waals surface area (Å²) in [5, 5.41) is 3.66. The van der Waals surface area contributed by atoms with Crippen LogP contribution in [0.5, 0.6) is 0 Å². The van der Waals surface area contributed by atoms with E-state index in [0.717, 1.165) is 0 Å².